The zero-order valence-corrected chi connectivity index (χ0v) is 21.3. The number of ether oxygens (including phenoxy) is 1. The Morgan fingerprint density at radius 3 is 2.46 bits per heavy atom. The molecule has 0 atom stereocenters. The highest BCUT2D eigenvalue weighted by atomic mass is 19.4. The van der Waals surface area contributed by atoms with Crippen LogP contribution in [0.25, 0.3) is 0 Å². The van der Waals surface area contributed by atoms with Gasteiger partial charge in [-0.15, -0.1) is 0 Å². The summed E-state index contributed by atoms with van der Waals surface area (Å²) >= 11 is 0. The Hall–Kier alpha value is -4.16. The van der Waals surface area contributed by atoms with Crippen molar-refractivity contribution < 1.29 is 27.5 Å². The fourth-order valence-electron chi connectivity index (χ4n) is 4.00. The van der Waals surface area contributed by atoms with E-state index in [0.717, 1.165) is 43.9 Å². The molecule has 0 bridgehead atoms. The molecule has 2 aromatic carbocycles. The molecule has 1 aliphatic heterocycles. The molecule has 1 aliphatic rings. The van der Waals surface area contributed by atoms with Crippen LogP contribution in [0.5, 0.6) is 11.5 Å². The Labute approximate surface area is 223 Å². The monoisotopic (exact) mass is 542 g/mol. The van der Waals surface area contributed by atoms with Crippen molar-refractivity contribution in [3.05, 3.63) is 83.2 Å². The first-order valence-electron chi connectivity index (χ1n) is 12.3. The van der Waals surface area contributed by atoms with E-state index in [0.29, 0.717) is 23.6 Å². The summed E-state index contributed by atoms with van der Waals surface area (Å²) in [6.45, 7) is 3.71. The summed E-state index contributed by atoms with van der Waals surface area (Å²) in [4.78, 5) is 30.5. The number of alkyl halides is 3. The molecule has 2 heterocycles. The molecular weight excluding hydrogens is 513 g/mol. The second-order valence-corrected chi connectivity index (χ2v) is 8.91. The summed E-state index contributed by atoms with van der Waals surface area (Å²) in [5, 5.41) is 11.0. The molecule has 4 N–H and O–H groups in total. The molecular formula is C27H29F3N6O3. The van der Waals surface area contributed by atoms with Gasteiger partial charge in [0.15, 0.2) is 0 Å². The average molecular weight is 543 g/mol. The highest BCUT2D eigenvalue weighted by molar-refractivity contribution is 5.92. The van der Waals surface area contributed by atoms with Crippen LogP contribution in [-0.4, -0.2) is 55.0 Å². The highest BCUT2D eigenvalue weighted by Gasteiger charge is 2.31. The first-order valence-corrected chi connectivity index (χ1v) is 12.3. The van der Waals surface area contributed by atoms with Gasteiger partial charge in [0.1, 0.15) is 17.2 Å². The number of amides is 3. The van der Waals surface area contributed by atoms with Crippen LogP contribution >= 0.6 is 0 Å². The zero-order valence-electron chi connectivity index (χ0n) is 21.3. The zero-order chi connectivity index (χ0) is 27.8. The van der Waals surface area contributed by atoms with Gasteiger partial charge in [0.2, 0.25) is 0 Å². The smallest absolute Gasteiger partial charge is 0.416 e. The van der Waals surface area contributed by atoms with Gasteiger partial charge in [0.25, 0.3) is 5.91 Å². The quantitative estimate of drug-likeness (QED) is 0.343. The van der Waals surface area contributed by atoms with Crippen molar-refractivity contribution >= 4 is 17.6 Å². The van der Waals surface area contributed by atoms with Crippen molar-refractivity contribution in [2.75, 3.05) is 38.5 Å². The number of pyridine rings is 1. The van der Waals surface area contributed by atoms with Crippen molar-refractivity contribution in [3.8, 4) is 11.5 Å². The van der Waals surface area contributed by atoms with Crippen molar-refractivity contribution in [1.29, 1.82) is 0 Å². The van der Waals surface area contributed by atoms with Crippen LogP contribution in [0.4, 0.5) is 23.7 Å². The Morgan fingerprint density at radius 2 is 1.77 bits per heavy atom. The van der Waals surface area contributed by atoms with Gasteiger partial charge in [-0.05, 0) is 41.5 Å². The number of carbonyl (C=O) groups is 2. The largest absolute Gasteiger partial charge is 0.457 e. The number of nitrogens with one attached hydrogen (secondary N) is 4. The van der Waals surface area contributed by atoms with Crippen LogP contribution in [0.15, 0.2) is 60.8 Å². The predicted octanol–water partition coefficient (Wildman–Crippen LogP) is 3.98. The Bertz CT molecular complexity index is 1290. The molecule has 1 fully saturated rings. The summed E-state index contributed by atoms with van der Waals surface area (Å²) in [6.07, 6.45) is -3.05. The lowest BCUT2D eigenvalue weighted by Crippen LogP contribution is -2.43. The van der Waals surface area contributed by atoms with Gasteiger partial charge in [-0.3, -0.25) is 14.7 Å². The number of anilines is 1. The fourth-order valence-corrected chi connectivity index (χ4v) is 4.00. The third kappa shape index (κ3) is 7.91. The van der Waals surface area contributed by atoms with Crippen LogP contribution in [0.2, 0.25) is 0 Å². The normalized spacial score (nSPS) is 13.9. The maximum Gasteiger partial charge on any atom is 0.416 e. The van der Waals surface area contributed by atoms with E-state index in [1.54, 1.807) is 30.3 Å². The van der Waals surface area contributed by atoms with E-state index in [2.05, 4.69) is 31.2 Å². The summed E-state index contributed by atoms with van der Waals surface area (Å²) < 4.78 is 45.8. The first-order chi connectivity index (χ1) is 18.7. The molecule has 0 aliphatic carbocycles. The van der Waals surface area contributed by atoms with E-state index in [4.69, 9.17) is 4.74 Å². The van der Waals surface area contributed by atoms with E-state index in [9.17, 15) is 22.8 Å². The molecule has 12 heteroatoms. The fraction of sp³-hybridized carbons (Fsp3) is 0.296. The molecule has 0 radical (unpaired) electrons. The number of hydrogen-bond donors (Lipinski definition) is 4. The molecule has 0 saturated carbocycles. The minimum atomic E-state index is -4.52. The molecule has 0 unspecified atom stereocenters. The maximum absolute atomic E-state index is 13.3. The number of halogens is 3. The number of carbonyl (C=O) groups excluding carboxylic acids is 2. The molecule has 3 aromatic rings. The first kappa shape index (κ1) is 27.9. The lowest BCUT2D eigenvalue weighted by Gasteiger charge is -2.28. The number of benzene rings is 2. The summed E-state index contributed by atoms with van der Waals surface area (Å²) in [7, 11) is 1.51. The summed E-state index contributed by atoms with van der Waals surface area (Å²) in [5.41, 5.74) is 0.881. The third-order valence-corrected chi connectivity index (χ3v) is 6.09. The van der Waals surface area contributed by atoms with Gasteiger partial charge < -0.3 is 26.0 Å². The van der Waals surface area contributed by atoms with E-state index < -0.39 is 17.8 Å². The van der Waals surface area contributed by atoms with Crippen molar-refractivity contribution in [1.82, 2.24) is 25.8 Å². The predicted molar refractivity (Wildman–Crippen MR) is 140 cm³/mol. The van der Waals surface area contributed by atoms with E-state index in [1.165, 1.54) is 25.4 Å². The van der Waals surface area contributed by atoms with E-state index in [1.807, 2.05) is 0 Å². The lowest BCUT2D eigenvalue weighted by molar-refractivity contribution is -0.137. The van der Waals surface area contributed by atoms with Crippen molar-refractivity contribution in [2.45, 2.75) is 19.3 Å². The summed E-state index contributed by atoms with van der Waals surface area (Å²) in [6, 6.07) is 12.8. The van der Waals surface area contributed by atoms with E-state index >= 15 is 0 Å². The molecule has 3 amide bonds. The van der Waals surface area contributed by atoms with Crippen molar-refractivity contribution in [3.63, 3.8) is 0 Å². The summed E-state index contributed by atoms with van der Waals surface area (Å²) in [5.74, 6) is 0.617. The number of rotatable bonds is 8. The van der Waals surface area contributed by atoms with Crippen LogP contribution in [-0.2, 0) is 19.3 Å². The minimum Gasteiger partial charge on any atom is -0.457 e. The lowest BCUT2D eigenvalue weighted by atomic mass is 10.1. The number of aromatic nitrogens is 1. The van der Waals surface area contributed by atoms with Gasteiger partial charge in [-0.25, -0.2) is 4.79 Å². The number of urea groups is 1. The molecule has 1 aromatic heterocycles. The number of hydrogen-bond acceptors (Lipinski definition) is 6. The topological polar surface area (TPSA) is 108 Å². The Morgan fingerprint density at radius 1 is 1.03 bits per heavy atom. The molecule has 4 rings (SSSR count). The molecule has 0 spiro atoms. The molecule has 9 nitrogen and oxygen atoms in total. The third-order valence-electron chi connectivity index (χ3n) is 6.09. The molecule has 39 heavy (non-hydrogen) atoms. The van der Waals surface area contributed by atoms with Crippen molar-refractivity contribution in [2.24, 2.45) is 0 Å². The van der Waals surface area contributed by atoms with Gasteiger partial charge >= 0.3 is 12.2 Å². The Kier molecular flexibility index (Phi) is 8.99. The molecule has 206 valence electrons. The SMILES string of the molecule is CNC(=O)c1cc(Oc2ccc(CNC(=O)Nc3cc(C(F)(F)F)ccc3CN3CCNCC3)cc2)ccn1. The maximum atomic E-state index is 13.3. The van der Waals surface area contributed by atoms with Gasteiger partial charge in [0, 0.05) is 64.3 Å². The standard InChI is InChI=1S/C27H29F3N6O3/c1-31-25(37)24-15-22(8-9-33-24)39-21-6-2-18(3-7-21)16-34-26(38)35-23-14-20(27(28,29)30)5-4-19(23)17-36-12-10-32-11-13-36/h2-9,14-15,32H,10-13,16-17H2,1H3,(H,31,37)(H2,34,35,38). The minimum absolute atomic E-state index is 0.123. The highest BCUT2D eigenvalue weighted by Crippen LogP contribution is 2.32. The van der Waals surface area contributed by atoms with Crippen LogP contribution in [0, 0.1) is 0 Å². The number of nitrogens with zero attached hydrogens (tertiary/aromatic N) is 2. The van der Waals surface area contributed by atoms with Crippen LogP contribution in [0.3, 0.4) is 0 Å². The van der Waals surface area contributed by atoms with Crippen LogP contribution < -0.4 is 26.0 Å². The second-order valence-electron chi connectivity index (χ2n) is 8.91. The van der Waals surface area contributed by atoms with Gasteiger partial charge in [0.05, 0.1) is 5.56 Å². The van der Waals surface area contributed by atoms with Gasteiger partial charge in [-0.1, -0.05) is 18.2 Å². The van der Waals surface area contributed by atoms with E-state index in [-0.39, 0.29) is 23.8 Å². The Balaban J connectivity index is 1.36. The van der Waals surface area contributed by atoms with Crippen LogP contribution in [0.1, 0.15) is 27.2 Å². The second kappa shape index (κ2) is 12.6. The average Bonchev–Trinajstić information content (AvgIpc) is 2.93. The number of piperazine rings is 1. The van der Waals surface area contributed by atoms with Gasteiger partial charge in [-0.2, -0.15) is 13.2 Å². The molecule has 1 saturated heterocycles.